The van der Waals surface area contributed by atoms with Crippen LogP contribution in [0.15, 0.2) is 41.5 Å². The summed E-state index contributed by atoms with van der Waals surface area (Å²) in [4.78, 5) is 30.3. The van der Waals surface area contributed by atoms with E-state index in [0.29, 0.717) is 18.5 Å². The number of fused-ring (bicyclic) bond motifs is 1. The van der Waals surface area contributed by atoms with Gasteiger partial charge in [-0.2, -0.15) is 0 Å². The van der Waals surface area contributed by atoms with Crippen LogP contribution in [0.4, 0.5) is 10.7 Å². The van der Waals surface area contributed by atoms with Crippen molar-refractivity contribution in [2.45, 2.75) is 64.3 Å². The maximum atomic E-state index is 13.2. The number of aliphatic imine (C=N–C) groups is 1. The second-order valence-corrected chi connectivity index (χ2v) is 11.2. The summed E-state index contributed by atoms with van der Waals surface area (Å²) in [6.07, 6.45) is 10.1. The van der Waals surface area contributed by atoms with Gasteiger partial charge in [0.05, 0.1) is 0 Å². The minimum atomic E-state index is -0.195. The molecule has 4 aliphatic rings. The largest absolute Gasteiger partial charge is 0.361 e. The van der Waals surface area contributed by atoms with Gasteiger partial charge in [-0.25, -0.2) is 14.8 Å². The summed E-state index contributed by atoms with van der Waals surface area (Å²) in [5, 5.41) is 10.7. The Hall–Kier alpha value is -3.42. The molecule has 1 aromatic carbocycles. The SMILES string of the molecule is Cc1cc(C)nc(NC(=NCCc2c[nH]c3ccccc23)NC(=O)NC23CC4CC(CC(C4)C2)C3)n1. The van der Waals surface area contributed by atoms with E-state index in [4.69, 9.17) is 4.99 Å². The normalized spacial score (nSPS) is 26.8. The van der Waals surface area contributed by atoms with Gasteiger partial charge < -0.3 is 10.3 Å². The average molecular weight is 486 g/mol. The molecule has 4 fully saturated rings. The first-order valence-electron chi connectivity index (χ1n) is 13.2. The van der Waals surface area contributed by atoms with Crippen LogP contribution < -0.4 is 16.0 Å². The molecule has 0 saturated heterocycles. The van der Waals surface area contributed by atoms with Crippen molar-refractivity contribution in [3.8, 4) is 0 Å². The molecule has 2 aromatic heterocycles. The van der Waals surface area contributed by atoms with Crippen molar-refractivity contribution in [2.24, 2.45) is 22.7 Å². The molecule has 0 aliphatic heterocycles. The summed E-state index contributed by atoms with van der Waals surface area (Å²) >= 11 is 0. The summed E-state index contributed by atoms with van der Waals surface area (Å²) < 4.78 is 0. The lowest BCUT2D eigenvalue weighted by Crippen LogP contribution is -2.62. The van der Waals surface area contributed by atoms with Crippen LogP contribution in [0.2, 0.25) is 0 Å². The topological polar surface area (TPSA) is 107 Å². The number of guanidine groups is 1. The van der Waals surface area contributed by atoms with E-state index < -0.39 is 0 Å². The number of aromatic nitrogens is 3. The maximum absolute atomic E-state index is 13.2. The third-order valence-electron chi connectivity index (χ3n) is 8.19. The highest BCUT2D eigenvalue weighted by molar-refractivity contribution is 6.03. The summed E-state index contributed by atoms with van der Waals surface area (Å²) in [7, 11) is 0. The number of nitrogens with zero attached hydrogens (tertiary/aromatic N) is 3. The monoisotopic (exact) mass is 485 g/mol. The van der Waals surface area contributed by atoms with E-state index in [-0.39, 0.29) is 11.6 Å². The van der Waals surface area contributed by atoms with E-state index in [2.05, 4.69) is 43.0 Å². The molecule has 0 radical (unpaired) electrons. The average Bonchev–Trinajstić information content (AvgIpc) is 3.20. The number of urea groups is 1. The van der Waals surface area contributed by atoms with Crippen LogP contribution in [0.1, 0.15) is 55.5 Å². The van der Waals surface area contributed by atoms with E-state index in [1.54, 1.807) is 0 Å². The molecule has 0 unspecified atom stereocenters. The van der Waals surface area contributed by atoms with E-state index in [1.165, 1.54) is 30.2 Å². The van der Waals surface area contributed by atoms with Gasteiger partial charge in [0.25, 0.3) is 0 Å². The second kappa shape index (κ2) is 9.22. The van der Waals surface area contributed by atoms with E-state index in [1.807, 2.05) is 38.2 Å². The molecule has 8 nitrogen and oxygen atoms in total. The fraction of sp³-hybridized carbons (Fsp3) is 0.500. The number of rotatable bonds is 5. The third-order valence-corrected chi connectivity index (χ3v) is 8.19. The predicted octanol–water partition coefficient (Wildman–Crippen LogP) is 4.85. The van der Waals surface area contributed by atoms with Crippen molar-refractivity contribution in [3.05, 3.63) is 53.5 Å². The first kappa shape index (κ1) is 23.0. The molecule has 4 aliphatic carbocycles. The molecule has 36 heavy (non-hydrogen) atoms. The Labute approximate surface area is 211 Å². The Morgan fingerprint density at radius 2 is 1.72 bits per heavy atom. The van der Waals surface area contributed by atoms with Crippen molar-refractivity contribution in [1.82, 2.24) is 25.6 Å². The zero-order valence-electron chi connectivity index (χ0n) is 21.1. The van der Waals surface area contributed by atoms with E-state index >= 15 is 0 Å². The van der Waals surface area contributed by atoms with Gasteiger partial charge in [-0.05, 0) is 94.2 Å². The first-order valence-corrected chi connectivity index (χ1v) is 13.2. The molecule has 2 amide bonds. The maximum Gasteiger partial charge on any atom is 0.321 e. The number of carbonyl (C=O) groups excluding carboxylic acids is 1. The molecule has 0 spiro atoms. The third kappa shape index (κ3) is 4.81. The number of carbonyl (C=O) groups is 1. The van der Waals surface area contributed by atoms with Crippen molar-refractivity contribution in [1.29, 1.82) is 0 Å². The Kier molecular flexibility index (Phi) is 5.90. The van der Waals surface area contributed by atoms with Crippen molar-refractivity contribution < 1.29 is 4.79 Å². The van der Waals surface area contributed by atoms with Crippen LogP contribution >= 0.6 is 0 Å². The molecule has 0 atom stereocenters. The van der Waals surface area contributed by atoms with Crippen LogP contribution in [0.5, 0.6) is 0 Å². The van der Waals surface area contributed by atoms with Crippen LogP contribution in [-0.4, -0.2) is 39.0 Å². The molecule has 188 valence electrons. The molecule has 4 bridgehead atoms. The molecule has 4 saturated carbocycles. The zero-order valence-corrected chi connectivity index (χ0v) is 21.1. The summed E-state index contributed by atoms with van der Waals surface area (Å²) in [6.45, 7) is 4.38. The van der Waals surface area contributed by atoms with Crippen molar-refractivity contribution >= 4 is 28.8 Å². The minimum absolute atomic E-state index is 0.0651. The van der Waals surface area contributed by atoms with E-state index in [0.717, 1.165) is 60.3 Å². The Bertz CT molecular complexity index is 1250. The summed E-state index contributed by atoms with van der Waals surface area (Å²) in [5.41, 5.74) is 3.98. The Balaban J connectivity index is 1.17. The number of para-hydroxylation sites is 1. The molecule has 7 rings (SSSR count). The standard InChI is InChI=1S/C28H35N7O/c1-17-9-18(2)32-26(31-17)33-25(29-8-7-22-16-30-24-6-4-3-5-23(22)24)34-27(36)35-28-13-19-10-20(14-28)12-21(11-19)15-28/h3-6,9,16,19-21,30H,7-8,10-15H2,1-2H3,(H3,29,31,32,33,34,35,36). The number of benzene rings is 1. The van der Waals surface area contributed by atoms with Crippen molar-refractivity contribution in [2.75, 3.05) is 11.9 Å². The minimum Gasteiger partial charge on any atom is -0.361 e. The number of hydrogen-bond donors (Lipinski definition) is 4. The lowest BCUT2D eigenvalue weighted by Gasteiger charge is -2.56. The Morgan fingerprint density at radius 1 is 1.06 bits per heavy atom. The lowest BCUT2D eigenvalue weighted by atomic mass is 9.53. The Morgan fingerprint density at radius 3 is 2.42 bits per heavy atom. The van der Waals surface area contributed by atoms with Gasteiger partial charge in [0.1, 0.15) is 0 Å². The number of anilines is 1. The van der Waals surface area contributed by atoms with Gasteiger partial charge in [0.2, 0.25) is 11.9 Å². The van der Waals surface area contributed by atoms with E-state index in [9.17, 15) is 4.79 Å². The lowest BCUT2D eigenvalue weighted by molar-refractivity contribution is -0.0132. The summed E-state index contributed by atoms with van der Waals surface area (Å²) in [5.74, 6) is 3.11. The van der Waals surface area contributed by atoms with Crippen LogP contribution in [0, 0.1) is 31.6 Å². The van der Waals surface area contributed by atoms with Gasteiger partial charge in [-0.15, -0.1) is 0 Å². The quantitative estimate of drug-likeness (QED) is 0.306. The van der Waals surface area contributed by atoms with Gasteiger partial charge in [-0.1, -0.05) is 18.2 Å². The number of aryl methyl sites for hydroxylation is 2. The molecule has 2 heterocycles. The smallest absolute Gasteiger partial charge is 0.321 e. The number of H-pyrrole nitrogens is 1. The number of nitrogens with one attached hydrogen (secondary N) is 4. The second-order valence-electron chi connectivity index (χ2n) is 11.2. The first-order chi connectivity index (χ1) is 17.4. The highest BCUT2D eigenvalue weighted by atomic mass is 16.2. The fourth-order valence-corrected chi connectivity index (χ4v) is 7.27. The van der Waals surface area contributed by atoms with Crippen LogP contribution in [0.3, 0.4) is 0 Å². The van der Waals surface area contributed by atoms with Gasteiger partial charge in [0, 0.05) is 40.6 Å². The zero-order chi connectivity index (χ0) is 24.7. The van der Waals surface area contributed by atoms with Gasteiger partial charge >= 0.3 is 6.03 Å². The highest BCUT2D eigenvalue weighted by Gasteiger charge is 2.51. The molecule has 4 N–H and O–H groups in total. The summed E-state index contributed by atoms with van der Waals surface area (Å²) in [6, 6.07) is 9.99. The number of amides is 2. The number of hydrogen-bond acceptors (Lipinski definition) is 4. The van der Waals surface area contributed by atoms with Crippen molar-refractivity contribution in [3.63, 3.8) is 0 Å². The van der Waals surface area contributed by atoms with Gasteiger partial charge in [0.15, 0.2) is 0 Å². The predicted molar refractivity (Wildman–Crippen MR) is 142 cm³/mol. The van der Waals surface area contributed by atoms with Gasteiger partial charge in [-0.3, -0.25) is 15.6 Å². The number of aromatic amines is 1. The fourth-order valence-electron chi connectivity index (χ4n) is 7.27. The van der Waals surface area contributed by atoms with Crippen LogP contribution in [-0.2, 0) is 6.42 Å². The molecular weight excluding hydrogens is 450 g/mol. The highest BCUT2D eigenvalue weighted by Crippen LogP contribution is 2.55. The molecule has 3 aromatic rings. The molecular formula is C28H35N7O. The van der Waals surface area contributed by atoms with Crippen LogP contribution in [0.25, 0.3) is 10.9 Å². The molecule has 8 heteroatoms.